The SMILES string of the molecule is O=C(C=Cc1cccnc1)Nc1ccc(S(=O)(=O)c2cccc(C(=O)NC3CCCC3)c2)cc1. The van der Waals surface area contributed by atoms with Gasteiger partial charge in [0.05, 0.1) is 9.79 Å². The average molecular weight is 476 g/mol. The third-order valence-corrected chi connectivity index (χ3v) is 7.41. The van der Waals surface area contributed by atoms with Crippen LogP contribution in [0.3, 0.4) is 0 Å². The van der Waals surface area contributed by atoms with Crippen LogP contribution in [0.15, 0.2) is 88.9 Å². The molecular formula is C26H25N3O4S. The lowest BCUT2D eigenvalue weighted by Gasteiger charge is -2.13. The molecule has 1 aliphatic carbocycles. The van der Waals surface area contributed by atoms with E-state index in [1.165, 1.54) is 42.5 Å². The lowest BCUT2D eigenvalue weighted by molar-refractivity contribution is -0.111. The van der Waals surface area contributed by atoms with Gasteiger partial charge in [-0.2, -0.15) is 0 Å². The van der Waals surface area contributed by atoms with E-state index in [9.17, 15) is 18.0 Å². The molecule has 2 amide bonds. The highest BCUT2D eigenvalue weighted by Gasteiger charge is 2.21. The van der Waals surface area contributed by atoms with Crippen LogP contribution in [-0.2, 0) is 14.6 Å². The molecular weight excluding hydrogens is 450 g/mol. The molecule has 1 aromatic heterocycles. The average Bonchev–Trinajstić information content (AvgIpc) is 3.37. The van der Waals surface area contributed by atoms with E-state index >= 15 is 0 Å². The Labute approximate surface area is 198 Å². The van der Waals surface area contributed by atoms with Crippen molar-refractivity contribution in [3.8, 4) is 0 Å². The summed E-state index contributed by atoms with van der Waals surface area (Å²) in [6.07, 6.45) is 10.4. The first-order valence-corrected chi connectivity index (χ1v) is 12.6. The van der Waals surface area contributed by atoms with Crippen LogP contribution in [-0.4, -0.2) is 31.3 Å². The van der Waals surface area contributed by atoms with Gasteiger partial charge in [-0.05, 0) is 73.0 Å². The van der Waals surface area contributed by atoms with E-state index in [0.717, 1.165) is 31.2 Å². The zero-order chi connectivity index (χ0) is 24.0. The smallest absolute Gasteiger partial charge is 0.251 e. The van der Waals surface area contributed by atoms with Gasteiger partial charge in [-0.25, -0.2) is 8.42 Å². The number of hydrogen-bond acceptors (Lipinski definition) is 5. The van der Waals surface area contributed by atoms with Gasteiger partial charge in [-0.1, -0.05) is 25.0 Å². The fourth-order valence-corrected chi connectivity index (χ4v) is 5.13. The van der Waals surface area contributed by atoms with Crippen molar-refractivity contribution in [2.24, 2.45) is 0 Å². The van der Waals surface area contributed by atoms with Crippen LogP contribution in [0.25, 0.3) is 6.08 Å². The molecule has 2 aromatic carbocycles. The topological polar surface area (TPSA) is 105 Å². The number of carbonyl (C=O) groups is 2. The molecule has 1 aliphatic rings. The first-order chi connectivity index (χ1) is 16.4. The highest BCUT2D eigenvalue weighted by atomic mass is 32.2. The van der Waals surface area contributed by atoms with Gasteiger partial charge in [0.25, 0.3) is 5.91 Å². The van der Waals surface area contributed by atoms with E-state index in [1.807, 2.05) is 6.07 Å². The molecule has 34 heavy (non-hydrogen) atoms. The van der Waals surface area contributed by atoms with Gasteiger partial charge in [0.1, 0.15) is 0 Å². The predicted octanol–water partition coefficient (Wildman–Crippen LogP) is 4.24. The molecule has 1 saturated carbocycles. The quantitative estimate of drug-likeness (QED) is 0.498. The highest BCUT2D eigenvalue weighted by Crippen LogP contribution is 2.24. The van der Waals surface area contributed by atoms with Crippen molar-refractivity contribution >= 4 is 33.4 Å². The molecule has 1 heterocycles. The molecule has 0 bridgehead atoms. The van der Waals surface area contributed by atoms with Crippen LogP contribution < -0.4 is 10.6 Å². The van der Waals surface area contributed by atoms with E-state index in [0.29, 0.717) is 11.3 Å². The minimum absolute atomic E-state index is 0.0442. The van der Waals surface area contributed by atoms with Crippen molar-refractivity contribution in [2.75, 3.05) is 5.32 Å². The Balaban J connectivity index is 1.44. The first-order valence-electron chi connectivity index (χ1n) is 11.1. The van der Waals surface area contributed by atoms with E-state index in [-0.39, 0.29) is 27.6 Å². The molecule has 0 aliphatic heterocycles. The second-order valence-corrected chi connectivity index (χ2v) is 10.1. The van der Waals surface area contributed by atoms with Crippen LogP contribution in [0.5, 0.6) is 0 Å². The summed E-state index contributed by atoms with van der Waals surface area (Å²) in [4.78, 5) is 28.8. The third kappa shape index (κ3) is 5.77. The molecule has 7 nitrogen and oxygen atoms in total. The molecule has 4 rings (SSSR count). The van der Waals surface area contributed by atoms with E-state index in [2.05, 4.69) is 15.6 Å². The number of sulfone groups is 1. The summed E-state index contributed by atoms with van der Waals surface area (Å²) in [5.74, 6) is -0.609. The number of rotatable bonds is 7. The van der Waals surface area contributed by atoms with Crippen LogP contribution in [0.2, 0.25) is 0 Å². The fraction of sp³-hybridized carbons (Fsp3) is 0.192. The number of aromatic nitrogens is 1. The van der Waals surface area contributed by atoms with Gasteiger partial charge in [0, 0.05) is 35.8 Å². The van der Waals surface area contributed by atoms with Crippen LogP contribution in [0.4, 0.5) is 5.69 Å². The molecule has 3 aromatic rings. The molecule has 174 valence electrons. The number of anilines is 1. The maximum absolute atomic E-state index is 13.1. The Morgan fingerprint density at radius 1 is 0.941 bits per heavy atom. The molecule has 0 radical (unpaired) electrons. The number of amides is 2. The summed E-state index contributed by atoms with van der Waals surface area (Å²) in [5.41, 5.74) is 1.57. The predicted molar refractivity (Wildman–Crippen MR) is 130 cm³/mol. The monoisotopic (exact) mass is 475 g/mol. The Kier molecular flexibility index (Phi) is 7.18. The number of nitrogens with one attached hydrogen (secondary N) is 2. The van der Waals surface area contributed by atoms with Crippen LogP contribution in [0.1, 0.15) is 41.6 Å². The summed E-state index contributed by atoms with van der Waals surface area (Å²) in [7, 11) is -3.83. The third-order valence-electron chi connectivity index (χ3n) is 5.64. The number of nitrogens with zero attached hydrogens (tertiary/aromatic N) is 1. The molecule has 2 N–H and O–H groups in total. The number of carbonyl (C=O) groups excluding carboxylic acids is 2. The second-order valence-electron chi connectivity index (χ2n) is 8.12. The zero-order valence-corrected chi connectivity index (χ0v) is 19.3. The Morgan fingerprint density at radius 2 is 1.71 bits per heavy atom. The van der Waals surface area contributed by atoms with Gasteiger partial charge >= 0.3 is 0 Å². The zero-order valence-electron chi connectivity index (χ0n) is 18.5. The van der Waals surface area contributed by atoms with Crippen molar-refractivity contribution in [1.29, 1.82) is 0 Å². The maximum Gasteiger partial charge on any atom is 0.251 e. The van der Waals surface area contributed by atoms with Gasteiger partial charge in [-0.3, -0.25) is 14.6 Å². The van der Waals surface area contributed by atoms with Crippen molar-refractivity contribution in [3.05, 3.63) is 90.3 Å². The first kappa shape index (κ1) is 23.4. The molecule has 8 heteroatoms. The van der Waals surface area contributed by atoms with E-state index in [4.69, 9.17) is 0 Å². The van der Waals surface area contributed by atoms with Crippen molar-refractivity contribution < 1.29 is 18.0 Å². The molecule has 0 spiro atoms. The summed E-state index contributed by atoms with van der Waals surface area (Å²) < 4.78 is 26.2. The van der Waals surface area contributed by atoms with E-state index in [1.54, 1.807) is 36.7 Å². The van der Waals surface area contributed by atoms with Crippen molar-refractivity contribution in [1.82, 2.24) is 10.3 Å². The second kappa shape index (κ2) is 10.4. The lowest BCUT2D eigenvalue weighted by Crippen LogP contribution is -2.32. The highest BCUT2D eigenvalue weighted by molar-refractivity contribution is 7.91. The fourth-order valence-electron chi connectivity index (χ4n) is 3.83. The normalized spacial score (nSPS) is 14.2. The molecule has 0 saturated heterocycles. The number of benzene rings is 2. The van der Waals surface area contributed by atoms with Crippen LogP contribution >= 0.6 is 0 Å². The van der Waals surface area contributed by atoms with Gasteiger partial charge in [0.15, 0.2) is 0 Å². The number of hydrogen-bond donors (Lipinski definition) is 2. The van der Waals surface area contributed by atoms with Gasteiger partial charge in [0.2, 0.25) is 15.7 Å². The standard InChI is InChI=1S/C26H25N3O4S/c30-25(15-10-19-5-4-16-27-18-19)28-22-11-13-23(14-12-22)34(32,33)24-9-3-6-20(17-24)26(31)29-21-7-1-2-8-21/h3-6,9-18,21H,1-2,7-8H2,(H,28,30)(H,29,31). The largest absolute Gasteiger partial charge is 0.349 e. The van der Waals surface area contributed by atoms with E-state index < -0.39 is 9.84 Å². The summed E-state index contributed by atoms with van der Waals surface area (Å²) in [6, 6.07) is 15.7. The molecule has 1 fully saturated rings. The van der Waals surface area contributed by atoms with Gasteiger partial charge in [-0.15, -0.1) is 0 Å². The molecule has 0 unspecified atom stereocenters. The molecule has 0 atom stereocenters. The summed E-state index contributed by atoms with van der Waals surface area (Å²) in [6.45, 7) is 0. The minimum atomic E-state index is -3.83. The van der Waals surface area contributed by atoms with Crippen molar-refractivity contribution in [3.63, 3.8) is 0 Å². The summed E-state index contributed by atoms with van der Waals surface area (Å²) in [5, 5.41) is 5.67. The van der Waals surface area contributed by atoms with Gasteiger partial charge < -0.3 is 10.6 Å². The minimum Gasteiger partial charge on any atom is -0.349 e. The summed E-state index contributed by atoms with van der Waals surface area (Å²) >= 11 is 0. The van der Waals surface area contributed by atoms with Crippen LogP contribution in [0, 0.1) is 0 Å². The van der Waals surface area contributed by atoms with Crippen molar-refractivity contribution in [2.45, 2.75) is 41.5 Å². The number of pyridine rings is 1. The maximum atomic E-state index is 13.1. The Morgan fingerprint density at radius 3 is 2.41 bits per heavy atom. The Bertz CT molecular complexity index is 1300. The Hall–Kier alpha value is -3.78. The lowest BCUT2D eigenvalue weighted by atomic mass is 10.2.